The van der Waals surface area contributed by atoms with Gasteiger partial charge in [0.1, 0.15) is 11.9 Å². The molecule has 0 saturated carbocycles. The predicted octanol–water partition coefficient (Wildman–Crippen LogP) is 2.56. The Labute approximate surface area is 89.3 Å². The zero-order valence-electron chi connectivity index (χ0n) is 8.56. The fraction of sp³-hybridized carbons (Fsp3) is 0.455. The van der Waals surface area contributed by atoms with Gasteiger partial charge >= 0.3 is 0 Å². The van der Waals surface area contributed by atoms with Gasteiger partial charge in [-0.15, -0.1) is 11.8 Å². The Morgan fingerprint density at radius 3 is 2.86 bits per heavy atom. The van der Waals surface area contributed by atoms with Crippen LogP contribution in [0.5, 0.6) is 5.75 Å². The molecule has 1 heterocycles. The summed E-state index contributed by atoms with van der Waals surface area (Å²) in [4.78, 5) is 1.17. The molecule has 1 aromatic carbocycles. The van der Waals surface area contributed by atoms with E-state index in [0.717, 1.165) is 11.5 Å². The molecule has 0 amide bonds. The highest BCUT2D eigenvalue weighted by Gasteiger charge is 2.18. The zero-order valence-corrected chi connectivity index (χ0v) is 9.38. The van der Waals surface area contributed by atoms with Crippen molar-refractivity contribution in [3.8, 4) is 5.75 Å². The Balaban J connectivity index is 0.000000461. The molecule has 0 saturated heterocycles. The Morgan fingerprint density at radius 1 is 1.43 bits per heavy atom. The van der Waals surface area contributed by atoms with Crippen molar-refractivity contribution in [2.75, 3.05) is 12.4 Å². The number of aliphatic hydroxyl groups excluding tert-OH is 1. The zero-order chi connectivity index (χ0) is 10.4. The van der Waals surface area contributed by atoms with Crippen LogP contribution in [0.1, 0.15) is 13.8 Å². The molecular formula is C11H16O2S. The van der Waals surface area contributed by atoms with E-state index in [1.807, 2.05) is 38.1 Å². The van der Waals surface area contributed by atoms with Crippen molar-refractivity contribution in [3.05, 3.63) is 24.3 Å². The summed E-state index contributed by atoms with van der Waals surface area (Å²) in [7, 11) is 0. The molecule has 2 rings (SSSR count). The molecule has 2 nitrogen and oxygen atoms in total. The van der Waals surface area contributed by atoms with E-state index in [0.29, 0.717) is 0 Å². The van der Waals surface area contributed by atoms with Crippen LogP contribution in [-0.4, -0.2) is 23.6 Å². The number of ether oxygens (including phenoxy) is 1. The van der Waals surface area contributed by atoms with Gasteiger partial charge in [-0.1, -0.05) is 26.0 Å². The second-order valence-electron chi connectivity index (χ2n) is 2.68. The number of thioether (sulfide) groups is 1. The number of fused-ring (bicyclic) bond motifs is 1. The predicted molar refractivity (Wildman–Crippen MR) is 60.0 cm³/mol. The normalized spacial score (nSPS) is 18.6. The highest BCUT2D eigenvalue weighted by molar-refractivity contribution is 7.99. The van der Waals surface area contributed by atoms with Gasteiger partial charge in [-0.3, -0.25) is 0 Å². The third-order valence-corrected chi connectivity index (χ3v) is 2.96. The summed E-state index contributed by atoms with van der Waals surface area (Å²) in [5.74, 6) is 1.74. The first kappa shape index (κ1) is 11.4. The molecular weight excluding hydrogens is 196 g/mol. The van der Waals surface area contributed by atoms with E-state index in [2.05, 4.69) is 0 Å². The van der Waals surface area contributed by atoms with Crippen molar-refractivity contribution in [2.45, 2.75) is 24.8 Å². The second-order valence-corrected chi connectivity index (χ2v) is 3.74. The molecule has 0 spiro atoms. The van der Waals surface area contributed by atoms with Crippen LogP contribution >= 0.6 is 11.8 Å². The van der Waals surface area contributed by atoms with Crippen LogP contribution in [0.15, 0.2) is 29.2 Å². The maximum absolute atomic E-state index is 8.88. The summed E-state index contributed by atoms with van der Waals surface area (Å²) in [6, 6.07) is 7.91. The average molecular weight is 212 g/mol. The van der Waals surface area contributed by atoms with Crippen LogP contribution in [-0.2, 0) is 0 Å². The Kier molecular flexibility index (Phi) is 4.84. The van der Waals surface area contributed by atoms with Crippen LogP contribution < -0.4 is 4.74 Å². The van der Waals surface area contributed by atoms with Crippen LogP contribution in [0.3, 0.4) is 0 Å². The van der Waals surface area contributed by atoms with Gasteiger partial charge in [0.2, 0.25) is 0 Å². The van der Waals surface area contributed by atoms with Gasteiger partial charge < -0.3 is 9.84 Å². The van der Waals surface area contributed by atoms with E-state index in [9.17, 15) is 0 Å². The third kappa shape index (κ3) is 2.66. The second kappa shape index (κ2) is 5.94. The molecule has 78 valence electrons. The summed E-state index contributed by atoms with van der Waals surface area (Å²) < 4.78 is 5.51. The monoisotopic (exact) mass is 212 g/mol. The SMILES string of the molecule is CC.OC[C@@H]1CSc2ccccc2O1. The molecule has 0 aliphatic carbocycles. The van der Waals surface area contributed by atoms with Crippen molar-refractivity contribution < 1.29 is 9.84 Å². The topological polar surface area (TPSA) is 29.5 Å². The van der Waals surface area contributed by atoms with E-state index in [1.165, 1.54) is 4.90 Å². The van der Waals surface area contributed by atoms with Crippen molar-refractivity contribution in [3.63, 3.8) is 0 Å². The first-order valence-corrected chi connectivity index (χ1v) is 5.88. The van der Waals surface area contributed by atoms with Crippen LogP contribution in [0, 0.1) is 0 Å². The van der Waals surface area contributed by atoms with E-state index in [-0.39, 0.29) is 12.7 Å². The van der Waals surface area contributed by atoms with Crippen molar-refractivity contribution in [1.82, 2.24) is 0 Å². The minimum atomic E-state index is -0.0371. The van der Waals surface area contributed by atoms with Crippen molar-refractivity contribution in [2.24, 2.45) is 0 Å². The number of hydrogen-bond acceptors (Lipinski definition) is 3. The van der Waals surface area contributed by atoms with Gasteiger partial charge in [-0.2, -0.15) is 0 Å². The lowest BCUT2D eigenvalue weighted by molar-refractivity contribution is 0.127. The molecule has 0 aromatic heterocycles. The minimum absolute atomic E-state index is 0.0371. The lowest BCUT2D eigenvalue weighted by Gasteiger charge is -2.23. The number of para-hydroxylation sites is 1. The molecule has 14 heavy (non-hydrogen) atoms. The van der Waals surface area contributed by atoms with Gasteiger partial charge in [-0.25, -0.2) is 0 Å². The fourth-order valence-corrected chi connectivity index (χ4v) is 2.13. The average Bonchev–Trinajstić information content (AvgIpc) is 2.31. The summed E-state index contributed by atoms with van der Waals surface area (Å²) in [5.41, 5.74) is 0. The summed E-state index contributed by atoms with van der Waals surface area (Å²) in [6.45, 7) is 4.10. The molecule has 1 aromatic rings. The molecule has 0 radical (unpaired) electrons. The van der Waals surface area contributed by atoms with Gasteiger partial charge in [0.25, 0.3) is 0 Å². The largest absolute Gasteiger partial charge is 0.486 e. The van der Waals surface area contributed by atoms with E-state index >= 15 is 0 Å². The smallest absolute Gasteiger partial charge is 0.133 e. The number of rotatable bonds is 1. The van der Waals surface area contributed by atoms with Crippen molar-refractivity contribution >= 4 is 11.8 Å². The highest BCUT2D eigenvalue weighted by atomic mass is 32.2. The van der Waals surface area contributed by atoms with Crippen LogP contribution in [0.4, 0.5) is 0 Å². The standard InChI is InChI=1S/C9H10O2S.C2H6/c10-5-7-6-12-9-4-2-1-3-8(9)11-7;1-2/h1-4,7,10H,5-6H2;1-2H3/t7-;/m1./s1. The first-order chi connectivity index (χ1) is 6.90. The number of benzene rings is 1. The van der Waals surface area contributed by atoms with Gasteiger partial charge in [-0.05, 0) is 12.1 Å². The maximum atomic E-state index is 8.88. The fourth-order valence-electron chi connectivity index (χ4n) is 1.15. The maximum Gasteiger partial charge on any atom is 0.133 e. The summed E-state index contributed by atoms with van der Waals surface area (Å²) in [6.07, 6.45) is -0.0371. The number of aliphatic hydroxyl groups is 1. The minimum Gasteiger partial charge on any atom is -0.486 e. The molecule has 0 bridgehead atoms. The van der Waals surface area contributed by atoms with Crippen LogP contribution in [0.2, 0.25) is 0 Å². The molecule has 3 heteroatoms. The summed E-state index contributed by atoms with van der Waals surface area (Å²) >= 11 is 1.74. The van der Waals surface area contributed by atoms with Gasteiger partial charge in [0.15, 0.2) is 0 Å². The highest BCUT2D eigenvalue weighted by Crippen LogP contribution is 2.34. The van der Waals surface area contributed by atoms with E-state index in [4.69, 9.17) is 9.84 Å². The van der Waals surface area contributed by atoms with Gasteiger partial charge in [0, 0.05) is 10.6 Å². The molecule has 1 aliphatic heterocycles. The van der Waals surface area contributed by atoms with Crippen LogP contribution in [0.25, 0.3) is 0 Å². The Morgan fingerprint density at radius 2 is 2.14 bits per heavy atom. The molecule has 1 aliphatic rings. The summed E-state index contributed by atoms with van der Waals surface area (Å²) in [5, 5.41) is 8.88. The third-order valence-electron chi connectivity index (χ3n) is 1.77. The molecule has 0 fully saturated rings. The van der Waals surface area contributed by atoms with E-state index < -0.39 is 0 Å². The van der Waals surface area contributed by atoms with Crippen molar-refractivity contribution in [1.29, 1.82) is 0 Å². The molecule has 1 N–H and O–H groups in total. The molecule has 0 unspecified atom stereocenters. The number of hydrogen-bond donors (Lipinski definition) is 1. The Bertz CT molecular complexity index is 276. The lowest BCUT2D eigenvalue weighted by Crippen LogP contribution is -2.26. The van der Waals surface area contributed by atoms with E-state index in [1.54, 1.807) is 11.8 Å². The molecule has 1 atom stereocenters. The Hall–Kier alpha value is -0.670. The lowest BCUT2D eigenvalue weighted by atomic mass is 10.3. The first-order valence-electron chi connectivity index (χ1n) is 4.89. The van der Waals surface area contributed by atoms with Gasteiger partial charge in [0.05, 0.1) is 6.61 Å². The quantitative estimate of drug-likeness (QED) is 0.775.